The van der Waals surface area contributed by atoms with Gasteiger partial charge in [-0.2, -0.15) is 0 Å². The van der Waals surface area contributed by atoms with Gasteiger partial charge in [0.2, 0.25) is 11.6 Å². The molecule has 0 radical (unpaired) electrons. The van der Waals surface area contributed by atoms with Gasteiger partial charge in [0.15, 0.2) is 0 Å². The number of aryl methyl sites for hydroxylation is 1. The molecule has 0 saturated carbocycles. The van der Waals surface area contributed by atoms with Gasteiger partial charge in [-0.1, -0.05) is 12.1 Å². The third-order valence-electron chi connectivity index (χ3n) is 3.10. The van der Waals surface area contributed by atoms with Crippen molar-refractivity contribution in [2.24, 2.45) is 0 Å². The van der Waals surface area contributed by atoms with Crippen molar-refractivity contribution < 1.29 is 9.66 Å². The van der Waals surface area contributed by atoms with Crippen molar-refractivity contribution >= 4 is 23.0 Å². The lowest BCUT2D eigenvalue weighted by Gasteiger charge is -2.10. The number of aromatic nitrogens is 2. The minimum absolute atomic E-state index is 0.157. The fourth-order valence-electron chi connectivity index (χ4n) is 2.06. The van der Waals surface area contributed by atoms with Gasteiger partial charge in [0.05, 0.1) is 4.92 Å². The summed E-state index contributed by atoms with van der Waals surface area (Å²) in [6.07, 6.45) is 2.02. The Balaban J connectivity index is 2.23. The molecule has 0 spiro atoms. The van der Waals surface area contributed by atoms with Crippen LogP contribution in [0, 0.1) is 17.0 Å². The molecule has 0 unspecified atom stereocenters. The molecule has 0 bridgehead atoms. The number of ether oxygens (including phenoxy) is 1. The molecule has 1 heterocycles. The van der Waals surface area contributed by atoms with E-state index in [-0.39, 0.29) is 17.3 Å². The summed E-state index contributed by atoms with van der Waals surface area (Å²) in [5.41, 5.74) is 1.60. The van der Waals surface area contributed by atoms with Gasteiger partial charge in [0, 0.05) is 25.9 Å². The first kappa shape index (κ1) is 16.6. The Morgan fingerprint density at radius 2 is 2.09 bits per heavy atom. The van der Waals surface area contributed by atoms with Crippen LogP contribution in [0.1, 0.15) is 12.0 Å². The molecular weight excluding hydrogens is 298 g/mol. The molecule has 2 N–H and O–H groups in total. The van der Waals surface area contributed by atoms with Crippen molar-refractivity contribution in [2.75, 3.05) is 30.9 Å². The Bertz CT molecular complexity index is 678. The van der Waals surface area contributed by atoms with Crippen LogP contribution in [0.25, 0.3) is 0 Å². The zero-order valence-electron chi connectivity index (χ0n) is 13.1. The number of methoxy groups -OCH3 is 1. The van der Waals surface area contributed by atoms with Crippen molar-refractivity contribution in [2.45, 2.75) is 13.3 Å². The number of rotatable bonds is 8. The lowest BCUT2D eigenvalue weighted by atomic mass is 10.2. The van der Waals surface area contributed by atoms with E-state index in [1.54, 1.807) is 7.11 Å². The van der Waals surface area contributed by atoms with Gasteiger partial charge in [-0.25, -0.2) is 9.97 Å². The molecule has 0 aliphatic carbocycles. The second kappa shape index (κ2) is 8.04. The Labute approximate surface area is 134 Å². The van der Waals surface area contributed by atoms with E-state index in [0.29, 0.717) is 13.2 Å². The lowest BCUT2D eigenvalue weighted by molar-refractivity contribution is -0.383. The van der Waals surface area contributed by atoms with Gasteiger partial charge in [-0.3, -0.25) is 10.1 Å². The van der Waals surface area contributed by atoms with Crippen LogP contribution < -0.4 is 10.6 Å². The summed E-state index contributed by atoms with van der Waals surface area (Å²) in [6.45, 7) is 3.04. The number of nitro groups is 1. The molecule has 0 saturated heterocycles. The van der Waals surface area contributed by atoms with Gasteiger partial charge in [0.25, 0.3) is 0 Å². The highest BCUT2D eigenvalue weighted by atomic mass is 16.6. The molecule has 1 aromatic carbocycles. The Morgan fingerprint density at radius 3 is 2.78 bits per heavy atom. The normalized spacial score (nSPS) is 10.3. The van der Waals surface area contributed by atoms with E-state index in [1.165, 1.54) is 6.33 Å². The predicted octanol–water partition coefficient (Wildman–Crippen LogP) is 2.89. The maximum absolute atomic E-state index is 11.4. The zero-order valence-corrected chi connectivity index (χ0v) is 13.1. The molecule has 0 fully saturated rings. The maximum Gasteiger partial charge on any atom is 0.353 e. The quantitative estimate of drug-likeness (QED) is 0.438. The van der Waals surface area contributed by atoms with Crippen molar-refractivity contribution in [1.29, 1.82) is 0 Å². The number of nitrogens with zero attached hydrogens (tertiary/aromatic N) is 3. The zero-order chi connectivity index (χ0) is 16.7. The molecule has 122 valence electrons. The van der Waals surface area contributed by atoms with Crippen LogP contribution in [0.2, 0.25) is 0 Å². The minimum atomic E-state index is -0.489. The Morgan fingerprint density at radius 1 is 1.30 bits per heavy atom. The Hall–Kier alpha value is -2.74. The molecule has 23 heavy (non-hydrogen) atoms. The molecule has 0 aliphatic rings. The average molecular weight is 317 g/mol. The van der Waals surface area contributed by atoms with Gasteiger partial charge in [0.1, 0.15) is 6.33 Å². The van der Waals surface area contributed by atoms with Crippen LogP contribution >= 0.6 is 0 Å². The highest BCUT2D eigenvalue weighted by molar-refractivity contribution is 5.73. The monoisotopic (exact) mass is 317 g/mol. The predicted molar refractivity (Wildman–Crippen MR) is 88.1 cm³/mol. The minimum Gasteiger partial charge on any atom is -0.385 e. The smallest absolute Gasteiger partial charge is 0.353 e. The van der Waals surface area contributed by atoms with Crippen LogP contribution in [-0.4, -0.2) is 35.2 Å². The number of hydrogen-bond acceptors (Lipinski definition) is 7. The largest absolute Gasteiger partial charge is 0.385 e. The summed E-state index contributed by atoms with van der Waals surface area (Å²) in [5.74, 6) is 0.348. The first-order valence-corrected chi connectivity index (χ1v) is 7.17. The molecular formula is C15H19N5O3. The van der Waals surface area contributed by atoms with Crippen molar-refractivity contribution in [3.63, 3.8) is 0 Å². The molecule has 8 heteroatoms. The van der Waals surface area contributed by atoms with Crippen molar-refractivity contribution in [3.05, 3.63) is 46.3 Å². The fraction of sp³-hybridized carbons (Fsp3) is 0.333. The lowest BCUT2D eigenvalue weighted by Crippen LogP contribution is -2.10. The topological polar surface area (TPSA) is 102 Å². The van der Waals surface area contributed by atoms with E-state index in [1.807, 2.05) is 31.2 Å². The molecule has 0 atom stereocenters. The number of nitrogens with one attached hydrogen (secondary N) is 2. The van der Waals surface area contributed by atoms with Gasteiger partial charge >= 0.3 is 5.69 Å². The van der Waals surface area contributed by atoms with E-state index in [4.69, 9.17) is 4.74 Å². The number of anilines is 3. The standard InChI is InChI=1S/C15H19N5O3/c1-11-5-3-6-12(9-11)19-15-13(20(21)22)14(17-10-18-15)16-7-4-8-23-2/h3,5-6,9-10H,4,7-8H2,1-2H3,(H2,16,17,18,19). The summed E-state index contributed by atoms with van der Waals surface area (Å²) >= 11 is 0. The average Bonchev–Trinajstić information content (AvgIpc) is 2.51. The number of hydrogen-bond donors (Lipinski definition) is 2. The van der Waals surface area contributed by atoms with Crippen LogP contribution in [0.4, 0.5) is 23.0 Å². The molecule has 2 rings (SSSR count). The van der Waals surface area contributed by atoms with Gasteiger partial charge < -0.3 is 15.4 Å². The van der Waals surface area contributed by atoms with E-state index in [0.717, 1.165) is 17.7 Å². The summed E-state index contributed by atoms with van der Waals surface area (Å²) in [4.78, 5) is 18.9. The van der Waals surface area contributed by atoms with E-state index in [9.17, 15) is 10.1 Å². The summed E-state index contributed by atoms with van der Waals surface area (Å²) < 4.78 is 4.95. The van der Waals surface area contributed by atoms with Gasteiger partial charge in [-0.05, 0) is 31.0 Å². The second-order valence-corrected chi connectivity index (χ2v) is 4.94. The van der Waals surface area contributed by atoms with Crippen LogP contribution in [-0.2, 0) is 4.74 Å². The first-order valence-electron chi connectivity index (χ1n) is 7.17. The molecule has 0 amide bonds. The Kier molecular flexibility index (Phi) is 5.81. The van der Waals surface area contributed by atoms with Gasteiger partial charge in [-0.15, -0.1) is 0 Å². The van der Waals surface area contributed by atoms with Crippen molar-refractivity contribution in [1.82, 2.24) is 9.97 Å². The summed E-state index contributed by atoms with van der Waals surface area (Å²) in [5, 5.41) is 17.3. The van der Waals surface area contributed by atoms with Crippen molar-refractivity contribution in [3.8, 4) is 0 Å². The van der Waals surface area contributed by atoms with Crippen LogP contribution in [0.3, 0.4) is 0 Å². The molecule has 0 aliphatic heterocycles. The fourth-order valence-corrected chi connectivity index (χ4v) is 2.06. The highest BCUT2D eigenvalue weighted by Gasteiger charge is 2.22. The summed E-state index contributed by atoms with van der Waals surface area (Å²) in [7, 11) is 1.61. The van der Waals surface area contributed by atoms with E-state index in [2.05, 4.69) is 20.6 Å². The third kappa shape index (κ3) is 4.62. The second-order valence-electron chi connectivity index (χ2n) is 4.94. The van der Waals surface area contributed by atoms with E-state index < -0.39 is 4.92 Å². The summed E-state index contributed by atoms with van der Waals surface area (Å²) in [6, 6.07) is 7.53. The highest BCUT2D eigenvalue weighted by Crippen LogP contribution is 2.31. The number of benzene rings is 1. The third-order valence-corrected chi connectivity index (χ3v) is 3.10. The molecule has 1 aromatic heterocycles. The first-order chi connectivity index (χ1) is 11.1. The van der Waals surface area contributed by atoms with Crippen LogP contribution in [0.5, 0.6) is 0 Å². The van der Waals surface area contributed by atoms with Crippen LogP contribution in [0.15, 0.2) is 30.6 Å². The van der Waals surface area contributed by atoms with E-state index >= 15 is 0 Å². The maximum atomic E-state index is 11.4. The molecule has 8 nitrogen and oxygen atoms in total. The molecule has 2 aromatic rings. The SMILES string of the molecule is COCCCNc1ncnc(Nc2cccc(C)c2)c1[N+](=O)[O-].